The van der Waals surface area contributed by atoms with Gasteiger partial charge in [0.2, 0.25) is 0 Å². The van der Waals surface area contributed by atoms with Gasteiger partial charge < -0.3 is 14.5 Å². The van der Waals surface area contributed by atoms with Crippen molar-refractivity contribution in [2.24, 2.45) is 0 Å². The molecule has 0 saturated carbocycles. The van der Waals surface area contributed by atoms with E-state index in [1.165, 1.54) is 67.0 Å². The molecule has 0 amide bonds. The number of nitrogens with zero attached hydrogens (tertiary/aromatic N) is 4. The fourth-order valence-corrected chi connectivity index (χ4v) is 12.1. The zero-order chi connectivity index (χ0) is 56.7. The van der Waals surface area contributed by atoms with Crippen LogP contribution in [0.4, 0.5) is 22.7 Å². The predicted octanol–water partition coefficient (Wildman–Crippen LogP) is 20.1. The third-order valence-electron chi connectivity index (χ3n) is 17.4. The molecule has 0 fully saturated rings. The molecule has 0 N–H and O–H groups in total. The molecule has 0 spiro atoms. The van der Waals surface area contributed by atoms with Crippen molar-refractivity contribution in [1.29, 1.82) is 0 Å². The van der Waals surface area contributed by atoms with Crippen LogP contribution in [0.5, 0.6) is 11.5 Å². The Kier molecular flexibility index (Phi) is 13.3. The highest BCUT2D eigenvalue weighted by Gasteiger charge is 2.38. The van der Waals surface area contributed by atoms with E-state index in [1.54, 1.807) is 0 Å². The lowest BCUT2D eigenvalue weighted by molar-refractivity contribution is 0.480. The zero-order valence-corrected chi connectivity index (χ0v) is 50.0. The molecule has 0 unspecified atom stereocenters. The number of rotatable bonds is 11. The van der Waals surface area contributed by atoms with Gasteiger partial charge >= 0.3 is 0 Å². The van der Waals surface area contributed by atoms with Gasteiger partial charge in [0.05, 0.1) is 22.4 Å². The van der Waals surface area contributed by atoms with E-state index >= 15 is 0 Å². The number of hydrogen-bond donors (Lipinski definition) is 0. The van der Waals surface area contributed by atoms with Gasteiger partial charge in [0.1, 0.15) is 24.0 Å². The number of para-hydroxylation sites is 1. The van der Waals surface area contributed by atoms with Crippen molar-refractivity contribution in [3.05, 3.63) is 250 Å². The van der Waals surface area contributed by atoms with Crippen LogP contribution < -0.4 is 14.5 Å². The summed E-state index contributed by atoms with van der Waals surface area (Å²) >= 11 is 0. The summed E-state index contributed by atoms with van der Waals surface area (Å²) in [6.07, 6.45) is 1.94. The second-order valence-corrected chi connectivity index (χ2v) is 27.1. The van der Waals surface area contributed by atoms with Crippen LogP contribution >= 0.6 is 0 Å². The largest absolute Gasteiger partial charge is 0.457 e. The average Bonchev–Trinajstić information content (AvgIpc) is 4.14. The van der Waals surface area contributed by atoms with Crippen LogP contribution in [0.3, 0.4) is 0 Å². The van der Waals surface area contributed by atoms with Crippen molar-refractivity contribution < 1.29 is 4.74 Å². The van der Waals surface area contributed by atoms with Crippen LogP contribution in [0.25, 0.3) is 27.6 Å². The van der Waals surface area contributed by atoms with Crippen molar-refractivity contribution in [3.63, 3.8) is 0 Å². The SMILES string of the molecule is CC(C)(C)c1ccnc(-n2c3ccccc3c3ccc(Oc4cc(N5CN(c6cc(C(C)(C)c7ccccc7)cc(C(C)(C)c7ccccc7)c6)c6cc(C(C)(C)C)c(C(C)(C)C)cc65)cc(C(C)(C)c5ccccc5)c4)cc32)c1. The summed E-state index contributed by atoms with van der Waals surface area (Å²) in [4.78, 5) is 10.1. The molecule has 2 aromatic heterocycles. The Hall–Kier alpha value is -7.89. The van der Waals surface area contributed by atoms with E-state index in [-0.39, 0.29) is 32.5 Å². The van der Waals surface area contributed by atoms with Crippen LogP contribution in [0, 0.1) is 0 Å². The molecule has 0 bridgehead atoms. The van der Waals surface area contributed by atoms with E-state index in [9.17, 15) is 0 Å². The van der Waals surface area contributed by atoms with E-state index in [0.717, 1.165) is 45.0 Å². The van der Waals surface area contributed by atoms with Crippen LogP contribution in [0.1, 0.15) is 154 Å². The number of aromatic nitrogens is 2. The molecular weight excluding hydrogens is 973 g/mol. The van der Waals surface area contributed by atoms with Gasteiger partial charge in [0, 0.05) is 56.7 Å². The molecular formula is C75H80N4O. The number of ether oxygens (including phenoxy) is 1. The number of pyridine rings is 1. The van der Waals surface area contributed by atoms with Crippen LogP contribution in [-0.4, -0.2) is 16.2 Å². The first kappa shape index (κ1) is 54.1. The van der Waals surface area contributed by atoms with E-state index in [1.807, 2.05) is 6.20 Å². The summed E-state index contributed by atoms with van der Waals surface area (Å²) in [6.45, 7) is 35.7. The van der Waals surface area contributed by atoms with Gasteiger partial charge in [0.15, 0.2) is 0 Å². The van der Waals surface area contributed by atoms with Crippen molar-refractivity contribution in [2.75, 3.05) is 16.5 Å². The minimum Gasteiger partial charge on any atom is -0.457 e. The van der Waals surface area contributed by atoms with Crippen LogP contribution in [-0.2, 0) is 32.5 Å². The second kappa shape index (κ2) is 19.7. The maximum atomic E-state index is 7.28. The maximum absolute atomic E-state index is 7.28. The Morgan fingerprint density at radius 1 is 0.350 bits per heavy atom. The molecule has 80 heavy (non-hydrogen) atoms. The molecule has 0 atom stereocenters. The molecule has 10 aromatic rings. The third kappa shape index (κ3) is 9.88. The topological polar surface area (TPSA) is 33.5 Å². The van der Waals surface area contributed by atoms with Crippen molar-refractivity contribution in [1.82, 2.24) is 9.55 Å². The van der Waals surface area contributed by atoms with Crippen molar-refractivity contribution >= 4 is 44.6 Å². The van der Waals surface area contributed by atoms with Crippen LogP contribution in [0.2, 0.25) is 0 Å². The van der Waals surface area contributed by atoms with Gasteiger partial charge in [-0.1, -0.05) is 219 Å². The number of anilines is 4. The highest BCUT2D eigenvalue weighted by molar-refractivity contribution is 6.09. The highest BCUT2D eigenvalue weighted by atomic mass is 16.5. The summed E-state index contributed by atoms with van der Waals surface area (Å²) in [6, 6.07) is 71.8. The molecule has 406 valence electrons. The maximum Gasteiger partial charge on any atom is 0.137 e. The fraction of sp³-hybridized carbons (Fsp3) is 0.293. The smallest absolute Gasteiger partial charge is 0.137 e. The van der Waals surface area contributed by atoms with Gasteiger partial charge in [-0.05, 0) is 133 Å². The fourth-order valence-electron chi connectivity index (χ4n) is 12.1. The van der Waals surface area contributed by atoms with E-state index in [2.05, 4.69) is 312 Å². The highest BCUT2D eigenvalue weighted by Crippen LogP contribution is 2.52. The molecule has 1 aliphatic heterocycles. The molecule has 5 nitrogen and oxygen atoms in total. The number of fused-ring (bicyclic) bond motifs is 4. The molecule has 0 aliphatic carbocycles. The van der Waals surface area contributed by atoms with E-state index in [0.29, 0.717) is 6.67 Å². The third-order valence-corrected chi connectivity index (χ3v) is 17.4. The quantitative estimate of drug-likeness (QED) is 0.129. The van der Waals surface area contributed by atoms with Gasteiger partial charge in [-0.3, -0.25) is 4.57 Å². The first-order valence-electron chi connectivity index (χ1n) is 28.7. The van der Waals surface area contributed by atoms with Gasteiger partial charge in [-0.2, -0.15) is 0 Å². The lowest BCUT2D eigenvalue weighted by Crippen LogP contribution is -2.27. The lowest BCUT2D eigenvalue weighted by Gasteiger charge is -2.34. The molecule has 1 aliphatic rings. The number of hydrogen-bond acceptors (Lipinski definition) is 4. The first-order chi connectivity index (χ1) is 37.8. The number of benzene rings is 8. The van der Waals surface area contributed by atoms with Crippen LogP contribution in [0.15, 0.2) is 200 Å². The minimum absolute atomic E-state index is 0.0391. The lowest BCUT2D eigenvalue weighted by atomic mass is 9.73. The molecule has 11 rings (SSSR count). The van der Waals surface area contributed by atoms with Gasteiger partial charge in [-0.15, -0.1) is 0 Å². The average molecular weight is 1050 g/mol. The summed E-state index contributed by atoms with van der Waals surface area (Å²) in [7, 11) is 0. The molecule has 0 saturated heterocycles. The minimum atomic E-state index is -0.375. The normalized spacial score (nSPS) is 13.6. The molecule has 3 heterocycles. The van der Waals surface area contributed by atoms with E-state index < -0.39 is 0 Å². The molecule has 5 heteroatoms. The predicted molar refractivity (Wildman–Crippen MR) is 339 cm³/mol. The Bertz CT molecular complexity index is 3850. The summed E-state index contributed by atoms with van der Waals surface area (Å²) in [5.74, 6) is 2.42. The zero-order valence-electron chi connectivity index (χ0n) is 50.0. The Morgan fingerprint density at radius 3 is 1.29 bits per heavy atom. The molecule has 8 aromatic carbocycles. The summed E-state index contributed by atoms with van der Waals surface area (Å²) in [5, 5.41) is 2.33. The van der Waals surface area contributed by atoms with Gasteiger partial charge in [-0.25, -0.2) is 4.98 Å². The Balaban J connectivity index is 1.12. The standard InChI is InChI=1S/C75H80N4O/c1-70(2,3)53-37-38-76-69(44-53)79-65-34-26-25-33-61(65)62-36-35-59(46-66(62)79)80-60-43-56(75(14,15)52-31-23-18-24-32-52)42-58(45-60)78-49-77(67-47-63(71(4,5)6)64(48-68(67)78)72(7,8)9)57-40-54(73(10,11)50-27-19-16-20-28-50)39-55(41-57)74(12,13)51-29-21-17-22-30-51/h16-48H,49H2,1-15H3. The van der Waals surface area contributed by atoms with E-state index in [4.69, 9.17) is 9.72 Å². The van der Waals surface area contributed by atoms with Crippen molar-refractivity contribution in [3.8, 4) is 17.3 Å². The molecule has 0 radical (unpaired) electrons. The Morgan fingerprint density at radius 2 is 0.800 bits per heavy atom. The Labute approximate surface area is 476 Å². The van der Waals surface area contributed by atoms with Crippen molar-refractivity contribution in [2.45, 2.75) is 136 Å². The second-order valence-electron chi connectivity index (χ2n) is 27.1. The first-order valence-corrected chi connectivity index (χ1v) is 28.7. The van der Waals surface area contributed by atoms with Gasteiger partial charge in [0.25, 0.3) is 0 Å². The summed E-state index contributed by atoms with van der Waals surface area (Å²) < 4.78 is 9.58. The summed E-state index contributed by atoms with van der Waals surface area (Å²) in [5.41, 5.74) is 17.0. The monoisotopic (exact) mass is 1050 g/mol.